The van der Waals surface area contributed by atoms with Crippen LogP contribution in [0.3, 0.4) is 0 Å². The van der Waals surface area contributed by atoms with Gasteiger partial charge in [0.05, 0.1) is 5.25 Å². The highest BCUT2D eigenvalue weighted by atomic mass is 32.2. The van der Waals surface area contributed by atoms with Crippen LogP contribution in [-0.2, 0) is 4.79 Å². The maximum atomic E-state index is 13.6. The molecule has 1 aliphatic heterocycles. The Balaban J connectivity index is 1.45. The van der Waals surface area contributed by atoms with E-state index in [2.05, 4.69) is 15.6 Å². The van der Waals surface area contributed by atoms with Gasteiger partial charge in [0, 0.05) is 12.6 Å². The van der Waals surface area contributed by atoms with Crippen LogP contribution in [0.15, 0.2) is 23.2 Å². The molecule has 8 heteroatoms. The van der Waals surface area contributed by atoms with E-state index in [1.54, 1.807) is 0 Å². The number of thioether (sulfide) groups is 1. The van der Waals surface area contributed by atoms with Gasteiger partial charge in [-0.15, -0.1) is 0 Å². The topological polar surface area (TPSA) is 70.6 Å². The molecule has 0 saturated heterocycles. The fourth-order valence-electron chi connectivity index (χ4n) is 3.35. The number of hydrogen-bond acceptors (Lipinski definition) is 4. The molecule has 27 heavy (non-hydrogen) atoms. The van der Waals surface area contributed by atoms with Gasteiger partial charge in [-0.25, -0.2) is 8.78 Å². The van der Waals surface area contributed by atoms with Gasteiger partial charge < -0.3 is 10.6 Å². The van der Waals surface area contributed by atoms with Crippen molar-refractivity contribution in [2.24, 2.45) is 4.99 Å². The van der Waals surface area contributed by atoms with Crippen molar-refractivity contribution in [3.8, 4) is 0 Å². The van der Waals surface area contributed by atoms with E-state index in [4.69, 9.17) is 0 Å². The molecule has 0 aromatic heterocycles. The Morgan fingerprint density at radius 1 is 1.15 bits per heavy atom. The molecule has 1 aromatic rings. The molecule has 2 aliphatic rings. The minimum atomic E-state index is -0.906. The molecule has 1 heterocycles. The standard InChI is InChI=1S/C19H23F2N3O2S/c20-13-8-5-9-14(21)16(13)18(26)22-11-10-15-17(25)24-19(27-15)23-12-6-3-1-2-4-7-12/h5,8-9,12,15H,1-4,6-7,10-11H2,(H,22,26)(H,23,24,25). The Morgan fingerprint density at radius 3 is 2.48 bits per heavy atom. The highest BCUT2D eigenvalue weighted by Crippen LogP contribution is 2.26. The Bertz CT molecular complexity index is 713. The van der Waals surface area contributed by atoms with Crippen LogP contribution in [0.4, 0.5) is 8.78 Å². The zero-order valence-electron chi connectivity index (χ0n) is 15.0. The molecule has 1 fully saturated rings. The summed E-state index contributed by atoms with van der Waals surface area (Å²) in [5.41, 5.74) is -0.602. The predicted molar refractivity (Wildman–Crippen MR) is 102 cm³/mol. The van der Waals surface area contributed by atoms with Crippen molar-refractivity contribution >= 4 is 28.7 Å². The largest absolute Gasteiger partial charge is 0.362 e. The number of carbonyl (C=O) groups excluding carboxylic acids is 2. The Kier molecular flexibility index (Phi) is 6.82. The normalized spacial score (nSPS) is 20.9. The van der Waals surface area contributed by atoms with Crippen molar-refractivity contribution in [3.05, 3.63) is 35.4 Å². The summed E-state index contributed by atoms with van der Waals surface area (Å²) in [4.78, 5) is 28.1. The highest BCUT2D eigenvalue weighted by molar-refractivity contribution is 8.15. The van der Waals surface area contributed by atoms with Crippen LogP contribution in [0, 0.1) is 11.6 Å². The summed E-state index contributed by atoms with van der Waals surface area (Å²) in [7, 11) is 0. The highest BCUT2D eigenvalue weighted by Gasteiger charge is 2.29. The molecule has 1 aromatic carbocycles. The predicted octanol–water partition coefficient (Wildman–Crippen LogP) is 3.40. The summed E-state index contributed by atoms with van der Waals surface area (Å²) < 4.78 is 27.2. The lowest BCUT2D eigenvalue weighted by Gasteiger charge is -2.17. The molecule has 0 bridgehead atoms. The third-order valence-electron chi connectivity index (χ3n) is 4.81. The number of benzene rings is 1. The van der Waals surface area contributed by atoms with Crippen LogP contribution in [0.1, 0.15) is 55.3 Å². The van der Waals surface area contributed by atoms with Crippen molar-refractivity contribution in [1.82, 2.24) is 10.6 Å². The number of nitrogens with zero attached hydrogens (tertiary/aromatic N) is 1. The first kappa shape index (κ1) is 19.8. The van der Waals surface area contributed by atoms with Crippen LogP contribution in [-0.4, -0.2) is 34.8 Å². The van der Waals surface area contributed by atoms with Gasteiger partial charge >= 0.3 is 0 Å². The summed E-state index contributed by atoms with van der Waals surface area (Å²) in [6, 6.07) is 3.63. The van der Waals surface area contributed by atoms with Gasteiger partial charge in [-0.1, -0.05) is 43.5 Å². The van der Waals surface area contributed by atoms with E-state index in [9.17, 15) is 18.4 Å². The maximum Gasteiger partial charge on any atom is 0.261 e. The zero-order valence-corrected chi connectivity index (χ0v) is 15.8. The number of amides is 2. The molecule has 0 radical (unpaired) electrons. The smallest absolute Gasteiger partial charge is 0.261 e. The van der Waals surface area contributed by atoms with Gasteiger partial charge in [0.25, 0.3) is 11.8 Å². The molecule has 1 unspecified atom stereocenters. The summed E-state index contributed by atoms with van der Waals surface area (Å²) in [6.07, 6.45) is 7.40. The fraction of sp³-hybridized carbons (Fsp3) is 0.526. The van der Waals surface area contributed by atoms with Crippen LogP contribution in [0.25, 0.3) is 0 Å². The van der Waals surface area contributed by atoms with Crippen LogP contribution in [0.5, 0.6) is 0 Å². The molecule has 5 nitrogen and oxygen atoms in total. The number of nitrogens with one attached hydrogen (secondary N) is 2. The van der Waals surface area contributed by atoms with Gasteiger partial charge in [-0.2, -0.15) is 4.99 Å². The monoisotopic (exact) mass is 395 g/mol. The van der Waals surface area contributed by atoms with Crippen molar-refractivity contribution in [3.63, 3.8) is 0 Å². The lowest BCUT2D eigenvalue weighted by atomic mass is 10.1. The van der Waals surface area contributed by atoms with Crippen molar-refractivity contribution in [2.45, 2.75) is 56.2 Å². The number of aliphatic imine (C=N–C) groups is 1. The number of halogens is 2. The minimum Gasteiger partial charge on any atom is -0.362 e. The number of carbonyl (C=O) groups is 2. The van der Waals surface area contributed by atoms with Crippen molar-refractivity contribution in [1.29, 1.82) is 0 Å². The van der Waals surface area contributed by atoms with Crippen LogP contribution in [0.2, 0.25) is 0 Å². The maximum absolute atomic E-state index is 13.6. The van der Waals surface area contributed by atoms with E-state index >= 15 is 0 Å². The lowest BCUT2D eigenvalue weighted by molar-refractivity contribution is -0.117. The molecule has 146 valence electrons. The molecule has 1 saturated carbocycles. The van der Waals surface area contributed by atoms with Crippen LogP contribution < -0.4 is 10.6 Å². The molecule has 1 aliphatic carbocycles. The molecular formula is C19H23F2N3O2S. The third-order valence-corrected chi connectivity index (χ3v) is 5.96. The Morgan fingerprint density at radius 2 is 1.81 bits per heavy atom. The Hall–Kier alpha value is -1.96. The summed E-state index contributed by atoms with van der Waals surface area (Å²) >= 11 is 1.36. The van der Waals surface area contributed by atoms with Gasteiger partial charge in [0.15, 0.2) is 5.17 Å². The first-order valence-electron chi connectivity index (χ1n) is 9.32. The van der Waals surface area contributed by atoms with Gasteiger partial charge in [0.1, 0.15) is 17.2 Å². The average molecular weight is 395 g/mol. The fourth-order valence-corrected chi connectivity index (χ4v) is 4.39. The van der Waals surface area contributed by atoms with Gasteiger partial charge in [-0.3, -0.25) is 9.59 Å². The van der Waals surface area contributed by atoms with Gasteiger partial charge in [-0.05, 0) is 31.4 Å². The molecule has 2 N–H and O–H groups in total. The number of hydrogen-bond donors (Lipinski definition) is 2. The first-order chi connectivity index (χ1) is 13.0. The van der Waals surface area contributed by atoms with E-state index in [0.29, 0.717) is 17.6 Å². The van der Waals surface area contributed by atoms with E-state index in [0.717, 1.165) is 25.0 Å². The first-order valence-corrected chi connectivity index (χ1v) is 10.2. The Labute approximate surface area is 161 Å². The summed E-state index contributed by atoms with van der Waals surface area (Å²) in [5.74, 6) is -2.87. The van der Waals surface area contributed by atoms with E-state index in [1.807, 2.05) is 0 Å². The third kappa shape index (κ3) is 5.28. The molecule has 3 rings (SSSR count). The second-order valence-electron chi connectivity index (χ2n) is 6.84. The van der Waals surface area contributed by atoms with E-state index in [1.165, 1.54) is 43.5 Å². The summed E-state index contributed by atoms with van der Waals surface area (Å²) in [5, 5.41) is 6.10. The average Bonchev–Trinajstić information content (AvgIpc) is 2.81. The summed E-state index contributed by atoms with van der Waals surface area (Å²) in [6.45, 7) is 0.141. The van der Waals surface area contributed by atoms with Crippen molar-refractivity contribution in [2.75, 3.05) is 6.54 Å². The second kappa shape index (κ2) is 9.30. The van der Waals surface area contributed by atoms with E-state index in [-0.39, 0.29) is 17.7 Å². The zero-order chi connectivity index (χ0) is 19.2. The molecule has 0 spiro atoms. The minimum absolute atomic E-state index is 0.141. The van der Waals surface area contributed by atoms with Crippen molar-refractivity contribution < 1.29 is 18.4 Å². The van der Waals surface area contributed by atoms with Gasteiger partial charge in [0.2, 0.25) is 0 Å². The molecule has 1 atom stereocenters. The number of rotatable bonds is 5. The molecule has 2 amide bonds. The van der Waals surface area contributed by atoms with E-state index < -0.39 is 23.1 Å². The number of amidine groups is 1. The molecular weight excluding hydrogens is 372 g/mol. The quantitative estimate of drug-likeness (QED) is 0.750. The van der Waals surface area contributed by atoms with Crippen LogP contribution >= 0.6 is 11.8 Å². The lowest BCUT2D eigenvalue weighted by Crippen LogP contribution is -2.32. The second-order valence-corrected chi connectivity index (χ2v) is 8.03. The SMILES string of the molecule is O=C(NCCC1SC(NC2CCCCCC2)=NC1=O)c1c(F)cccc1F.